The van der Waals surface area contributed by atoms with Crippen molar-refractivity contribution < 1.29 is 23.0 Å². The summed E-state index contributed by atoms with van der Waals surface area (Å²) >= 11 is 5.79. The fourth-order valence-electron chi connectivity index (χ4n) is 2.40. The second-order valence-electron chi connectivity index (χ2n) is 5.34. The van der Waals surface area contributed by atoms with Crippen LogP contribution in [0.3, 0.4) is 0 Å². The smallest absolute Gasteiger partial charge is 0.387 e. The average Bonchev–Trinajstić information content (AvgIpc) is 2.65. The summed E-state index contributed by atoms with van der Waals surface area (Å²) in [4.78, 5) is 22.5. The first-order chi connectivity index (χ1) is 12.5. The molecule has 1 amide bonds. The van der Waals surface area contributed by atoms with Crippen molar-refractivity contribution in [2.24, 2.45) is 0 Å². The molecule has 7 nitrogen and oxygen atoms in total. The van der Waals surface area contributed by atoms with Crippen molar-refractivity contribution in [3.63, 3.8) is 0 Å². The number of morpholine rings is 1. The van der Waals surface area contributed by atoms with Crippen LogP contribution in [0.15, 0.2) is 30.6 Å². The molecule has 0 bridgehead atoms. The minimum Gasteiger partial charge on any atom is -0.433 e. The Bertz CT molecular complexity index is 788. The monoisotopic (exact) mass is 384 g/mol. The first-order valence-corrected chi connectivity index (χ1v) is 8.11. The van der Waals surface area contributed by atoms with E-state index in [2.05, 4.69) is 20.0 Å². The molecule has 0 atom stereocenters. The van der Waals surface area contributed by atoms with E-state index in [1.54, 1.807) is 6.07 Å². The van der Waals surface area contributed by atoms with Crippen molar-refractivity contribution in [3.8, 4) is 5.75 Å². The van der Waals surface area contributed by atoms with Gasteiger partial charge in [0.25, 0.3) is 5.91 Å². The Balaban J connectivity index is 1.74. The summed E-state index contributed by atoms with van der Waals surface area (Å²) in [5, 5.41) is 2.59. The van der Waals surface area contributed by atoms with Crippen LogP contribution >= 0.6 is 11.6 Å². The van der Waals surface area contributed by atoms with Gasteiger partial charge in [-0.2, -0.15) is 8.78 Å². The van der Waals surface area contributed by atoms with E-state index in [1.807, 2.05) is 4.90 Å². The van der Waals surface area contributed by atoms with E-state index in [0.717, 1.165) is 0 Å². The molecule has 1 saturated heterocycles. The van der Waals surface area contributed by atoms with E-state index in [9.17, 15) is 13.6 Å². The van der Waals surface area contributed by atoms with Crippen LogP contribution in [0.4, 0.5) is 20.3 Å². The molecule has 1 aliphatic rings. The lowest BCUT2D eigenvalue weighted by Gasteiger charge is -2.27. The van der Waals surface area contributed by atoms with Crippen LogP contribution < -0.4 is 15.0 Å². The molecule has 1 aromatic heterocycles. The number of anilines is 2. The van der Waals surface area contributed by atoms with Gasteiger partial charge >= 0.3 is 6.61 Å². The van der Waals surface area contributed by atoms with Gasteiger partial charge in [-0.1, -0.05) is 11.6 Å². The molecule has 138 valence electrons. The molecular weight excluding hydrogens is 370 g/mol. The van der Waals surface area contributed by atoms with E-state index < -0.39 is 12.5 Å². The van der Waals surface area contributed by atoms with Crippen LogP contribution in [0.25, 0.3) is 0 Å². The van der Waals surface area contributed by atoms with Crippen molar-refractivity contribution >= 4 is 29.0 Å². The van der Waals surface area contributed by atoms with E-state index in [4.69, 9.17) is 16.3 Å². The number of carbonyl (C=O) groups is 1. The molecule has 0 aliphatic carbocycles. The molecule has 0 radical (unpaired) electrons. The molecule has 0 saturated carbocycles. The van der Waals surface area contributed by atoms with E-state index in [0.29, 0.717) is 32.1 Å². The quantitative estimate of drug-likeness (QED) is 0.854. The number of aromatic nitrogens is 2. The van der Waals surface area contributed by atoms with E-state index in [-0.39, 0.29) is 22.2 Å². The van der Waals surface area contributed by atoms with Crippen LogP contribution in [0.1, 0.15) is 10.5 Å². The zero-order valence-electron chi connectivity index (χ0n) is 13.5. The first kappa shape index (κ1) is 18.3. The molecule has 2 aromatic rings. The topological polar surface area (TPSA) is 76.6 Å². The molecule has 1 aromatic carbocycles. The fraction of sp³-hybridized carbons (Fsp3) is 0.312. The Hall–Kier alpha value is -2.52. The zero-order chi connectivity index (χ0) is 18.5. The first-order valence-electron chi connectivity index (χ1n) is 7.73. The van der Waals surface area contributed by atoms with Crippen LogP contribution in [-0.4, -0.2) is 48.8 Å². The van der Waals surface area contributed by atoms with Gasteiger partial charge in [0.1, 0.15) is 23.6 Å². The highest BCUT2D eigenvalue weighted by Crippen LogP contribution is 2.29. The maximum atomic E-state index is 12.4. The van der Waals surface area contributed by atoms with Crippen molar-refractivity contribution in [3.05, 3.63) is 41.3 Å². The highest BCUT2D eigenvalue weighted by Gasteiger charge is 2.16. The van der Waals surface area contributed by atoms with Crippen molar-refractivity contribution in [2.75, 3.05) is 36.5 Å². The van der Waals surface area contributed by atoms with E-state index >= 15 is 0 Å². The van der Waals surface area contributed by atoms with Crippen LogP contribution in [0.2, 0.25) is 5.02 Å². The highest BCUT2D eigenvalue weighted by molar-refractivity contribution is 6.32. The summed E-state index contributed by atoms with van der Waals surface area (Å²) in [6.45, 7) is -0.504. The molecule has 26 heavy (non-hydrogen) atoms. The lowest BCUT2D eigenvalue weighted by atomic mass is 10.2. The summed E-state index contributed by atoms with van der Waals surface area (Å²) < 4.78 is 34.4. The van der Waals surface area contributed by atoms with Gasteiger partial charge in [-0.05, 0) is 12.1 Å². The minimum atomic E-state index is -3.02. The number of nitrogens with one attached hydrogen (secondary N) is 1. The van der Waals surface area contributed by atoms with Gasteiger partial charge in [0.05, 0.1) is 18.2 Å². The third kappa shape index (κ3) is 4.55. The Kier molecular flexibility index (Phi) is 5.79. The number of ether oxygens (including phenoxy) is 2. The van der Waals surface area contributed by atoms with Gasteiger partial charge in [-0.3, -0.25) is 4.79 Å². The van der Waals surface area contributed by atoms with Gasteiger partial charge in [-0.15, -0.1) is 0 Å². The Morgan fingerprint density at radius 2 is 2.04 bits per heavy atom. The molecule has 1 fully saturated rings. The van der Waals surface area contributed by atoms with Gasteiger partial charge in [0, 0.05) is 30.9 Å². The number of nitrogens with zero attached hydrogens (tertiary/aromatic N) is 3. The number of alkyl halides is 2. The standard InChI is InChI=1S/C16H15ClF2N4O3/c17-11-2-1-10(7-13(11)26-16(18)19)22-15(24)12-8-14(21-9-20-12)23-3-5-25-6-4-23/h1-2,7-9,16H,3-6H2,(H,22,24). The molecule has 10 heteroatoms. The number of hydrogen-bond acceptors (Lipinski definition) is 6. The summed E-state index contributed by atoms with van der Waals surface area (Å²) in [6.07, 6.45) is 1.30. The second kappa shape index (κ2) is 8.24. The Labute approximate surface area is 152 Å². The molecule has 1 aliphatic heterocycles. The fourth-order valence-corrected chi connectivity index (χ4v) is 2.56. The van der Waals surface area contributed by atoms with Gasteiger partial charge in [0.2, 0.25) is 0 Å². The average molecular weight is 385 g/mol. The van der Waals surface area contributed by atoms with Gasteiger partial charge in [0.15, 0.2) is 0 Å². The molecular formula is C16H15ClF2N4O3. The molecule has 2 heterocycles. The highest BCUT2D eigenvalue weighted by atomic mass is 35.5. The minimum absolute atomic E-state index is 0.0138. The SMILES string of the molecule is O=C(Nc1ccc(Cl)c(OC(F)F)c1)c1cc(N2CCOCC2)ncn1. The van der Waals surface area contributed by atoms with Gasteiger partial charge in [-0.25, -0.2) is 9.97 Å². The van der Waals surface area contributed by atoms with E-state index in [1.165, 1.54) is 24.5 Å². The number of carbonyl (C=O) groups excluding carboxylic acids is 1. The van der Waals surface area contributed by atoms with Crippen LogP contribution in [-0.2, 0) is 4.74 Å². The number of rotatable bonds is 5. The third-order valence-corrected chi connectivity index (χ3v) is 3.94. The Morgan fingerprint density at radius 3 is 2.77 bits per heavy atom. The largest absolute Gasteiger partial charge is 0.433 e. The maximum Gasteiger partial charge on any atom is 0.387 e. The van der Waals surface area contributed by atoms with Crippen molar-refractivity contribution in [2.45, 2.75) is 6.61 Å². The van der Waals surface area contributed by atoms with Crippen molar-refractivity contribution in [1.29, 1.82) is 0 Å². The summed E-state index contributed by atoms with van der Waals surface area (Å²) in [7, 11) is 0. The summed E-state index contributed by atoms with van der Waals surface area (Å²) in [5.41, 5.74) is 0.398. The molecule has 3 rings (SSSR count). The van der Waals surface area contributed by atoms with Gasteiger partial charge < -0.3 is 19.7 Å². The molecule has 0 spiro atoms. The van der Waals surface area contributed by atoms with Crippen LogP contribution in [0.5, 0.6) is 5.75 Å². The number of halogens is 3. The summed E-state index contributed by atoms with van der Waals surface area (Å²) in [5.74, 6) is -0.116. The predicted octanol–water partition coefficient (Wildman–Crippen LogP) is 2.82. The normalized spacial score (nSPS) is 14.4. The summed E-state index contributed by atoms with van der Waals surface area (Å²) in [6, 6.07) is 5.61. The number of amides is 1. The van der Waals surface area contributed by atoms with Crippen molar-refractivity contribution in [1.82, 2.24) is 9.97 Å². The zero-order valence-corrected chi connectivity index (χ0v) is 14.2. The number of benzene rings is 1. The Morgan fingerprint density at radius 1 is 1.27 bits per heavy atom. The lowest BCUT2D eigenvalue weighted by molar-refractivity contribution is -0.0497. The predicted molar refractivity (Wildman–Crippen MR) is 91.1 cm³/mol. The third-order valence-electron chi connectivity index (χ3n) is 3.63. The number of hydrogen-bond donors (Lipinski definition) is 1. The lowest BCUT2D eigenvalue weighted by Crippen LogP contribution is -2.37. The molecule has 1 N–H and O–H groups in total. The maximum absolute atomic E-state index is 12.4. The second-order valence-corrected chi connectivity index (χ2v) is 5.75. The van der Waals surface area contributed by atoms with Crippen LogP contribution in [0, 0.1) is 0 Å². The molecule has 0 unspecified atom stereocenters.